The number of carbonyl (C=O) groups is 1. The van der Waals surface area contributed by atoms with Gasteiger partial charge in [-0.25, -0.2) is 4.39 Å². The van der Waals surface area contributed by atoms with Gasteiger partial charge in [-0.1, -0.05) is 70.0 Å². The van der Waals surface area contributed by atoms with E-state index in [1.54, 1.807) is 17.0 Å². The van der Waals surface area contributed by atoms with Crippen molar-refractivity contribution in [1.29, 1.82) is 0 Å². The molecule has 1 aliphatic heterocycles. The first-order valence-electron chi connectivity index (χ1n) is 9.25. The summed E-state index contributed by atoms with van der Waals surface area (Å²) < 4.78 is 14.2. The molecule has 0 radical (unpaired) electrons. The first-order valence-corrected chi connectivity index (χ1v) is 10.0. The van der Waals surface area contributed by atoms with Crippen molar-refractivity contribution in [3.63, 3.8) is 0 Å². The van der Waals surface area contributed by atoms with Crippen LogP contribution in [0.3, 0.4) is 0 Å². The van der Waals surface area contributed by atoms with E-state index in [4.69, 9.17) is 0 Å². The topological polar surface area (TPSA) is 40.5 Å². The second-order valence-corrected chi connectivity index (χ2v) is 8.06. The van der Waals surface area contributed by atoms with Gasteiger partial charge in [-0.3, -0.25) is 4.79 Å². The summed E-state index contributed by atoms with van der Waals surface area (Å²) in [5.74, 6) is -1.01. The summed E-state index contributed by atoms with van der Waals surface area (Å²) in [5.41, 5.74) is 4.15. The van der Waals surface area contributed by atoms with Crippen LogP contribution >= 0.6 is 15.9 Å². The van der Waals surface area contributed by atoms with Gasteiger partial charge in [-0.2, -0.15) is 0 Å². The molecule has 1 amide bonds. The second-order valence-electron chi connectivity index (χ2n) is 7.15. The number of hydrogen-bond donors (Lipinski definition) is 1. The molecule has 29 heavy (non-hydrogen) atoms. The summed E-state index contributed by atoms with van der Waals surface area (Å²) in [6.45, 7) is 2.25. The van der Waals surface area contributed by atoms with Gasteiger partial charge in [-0.05, 0) is 47.9 Å². The quantitative estimate of drug-likeness (QED) is 0.532. The lowest BCUT2D eigenvalue weighted by Gasteiger charge is -2.27. The van der Waals surface area contributed by atoms with E-state index in [1.165, 1.54) is 12.1 Å². The molecule has 3 nitrogen and oxygen atoms in total. The van der Waals surface area contributed by atoms with Gasteiger partial charge in [0, 0.05) is 16.6 Å². The van der Waals surface area contributed by atoms with E-state index in [9.17, 15) is 14.3 Å². The number of benzene rings is 3. The fourth-order valence-electron chi connectivity index (χ4n) is 3.65. The smallest absolute Gasteiger partial charge is 0.290 e. The highest BCUT2D eigenvalue weighted by Crippen LogP contribution is 2.44. The van der Waals surface area contributed by atoms with Crippen molar-refractivity contribution in [1.82, 2.24) is 4.90 Å². The highest BCUT2D eigenvalue weighted by molar-refractivity contribution is 9.10. The number of aliphatic hydroxyl groups excluding tert-OH is 1. The molecule has 0 bridgehead atoms. The third kappa shape index (κ3) is 3.83. The lowest BCUT2D eigenvalue weighted by Crippen LogP contribution is -2.29. The Balaban J connectivity index is 1.81. The highest BCUT2D eigenvalue weighted by Gasteiger charge is 2.41. The fraction of sp³-hybridized carbons (Fsp3) is 0.125. The molecule has 1 atom stereocenters. The highest BCUT2D eigenvalue weighted by atomic mass is 79.9. The molecule has 3 aromatic carbocycles. The SMILES string of the molecule is Cc1ccc(C2=C(O)C(=O)N(Cc3ccc(F)cc3)[C@@H]2c2cccc(Br)c2)cc1. The van der Waals surface area contributed by atoms with Gasteiger partial charge >= 0.3 is 0 Å². The van der Waals surface area contributed by atoms with Crippen molar-refractivity contribution in [2.45, 2.75) is 19.5 Å². The van der Waals surface area contributed by atoms with Crippen LogP contribution in [0.15, 0.2) is 83.0 Å². The summed E-state index contributed by atoms with van der Waals surface area (Å²) in [6.07, 6.45) is 0. The Morgan fingerprint density at radius 3 is 2.38 bits per heavy atom. The van der Waals surface area contributed by atoms with E-state index < -0.39 is 11.9 Å². The number of rotatable bonds is 4. The van der Waals surface area contributed by atoms with E-state index >= 15 is 0 Å². The Morgan fingerprint density at radius 1 is 1.03 bits per heavy atom. The van der Waals surface area contributed by atoms with Gasteiger partial charge in [0.2, 0.25) is 0 Å². The van der Waals surface area contributed by atoms with Gasteiger partial charge in [0.15, 0.2) is 5.76 Å². The van der Waals surface area contributed by atoms with Crippen LogP contribution in [0.4, 0.5) is 4.39 Å². The number of hydrogen-bond acceptors (Lipinski definition) is 2. The Morgan fingerprint density at radius 2 is 1.72 bits per heavy atom. The zero-order valence-electron chi connectivity index (χ0n) is 15.8. The molecule has 1 N–H and O–H groups in total. The summed E-state index contributed by atoms with van der Waals surface area (Å²) in [6, 6.07) is 21.1. The van der Waals surface area contributed by atoms with Gasteiger partial charge in [0.1, 0.15) is 5.82 Å². The molecule has 1 heterocycles. The van der Waals surface area contributed by atoms with Gasteiger partial charge < -0.3 is 10.0 Å². The summed E-state index contributed by atoms with van der Waals surface area (Å²) in [7, 11) is 0. The predicted octanol–water partition coefficient (Wildman–Crippen LogP) is 5.95. The largest absolute Gasteiger partial charge is 0.503 e. The lowest BCUT2D eigenvalue weighted by atomic mass is 9.93. The third-order valence-corrected chi connectivity index (χ3v) is 5.59. The van der Waals surface area contributed by atoms with E-state index in [0.717, 1.165) is 26.7 Å². The van der Waals surface area contributed by atoms with Gasteiger partial charge in [0.05, 0.1) is 6.04 Å². The predicted molar refractivity (Wildman–Crippen MR) is 115 cm³/mol. The molecule has 3 aromatic rings. The van der Waals surface area contributed by atoms with E-state index in [0.29, 0.717) is 5.57 Å². The number of carbonyl (C=O) groups excluding carboxylic acids is 1. The molecule has 0 unspecified atom stereocenters. The lowest BCUT2D eigenvalue weighted by molar-refractivity contribution is -0.130. The second kappa shape index (κ2) is 7.84. The zero-order chi connectivity index (χ0) is 20.5. The molecule has 4 rings (SSSR count). The van der Waals surface area contributed by atoms with Crippen LogP contribution in [0.2, 0.25) is 0 Å². The van der Waals surface area contributed by atoms with E-state index in [-0.39, 0.29) is 18.1 Å². The van der Waals surface area contributed by atoms with Crippen molar-refractivity contribution in [2.75, 3.05) is 0 Å². The molecule has 0 aromatic heterocycles. The average Bonchev–Trinajstić information content (AvgIpc) is 2.95. The normalized spacial score (nSPS) is 16.6. The maximum absolute atomic E-state index is 13.3. The van der Waals surface area contributed by atoms with Crippen molar-refractivity contribution in [2.24, 2.45) is 0 Å². The molecule has 5 heteroatoms. The summed E-state index contributed by atoms with van der Waals surface area (Å²) in [4.78, 5) is 14.7. The average molecular weight is 452 g/mol. The van der Waals surface area contributed by atoms with E-state index in [1.807, 2.05) is 55.5 Å². The fourth-order valence-corrected chi connectivity index (χ4v) is 4.07. The minimum Gasteiger partial charge on any atom is -0.503 e. The standard InChI is InChI=1S/C24H19BrFNO2/c1-15-5-9-17(10-6-15)21-22(18-3-2-4-19(25)13-18)27(24(29)23(21)28)14-16-7-11-20(26)12-8-16/h2-13,22,28H,14H2,1H3/t22-/m1/s1. The van der Waals surface area contributed by atoms with Crippen LogP contribution < -0.4 is 0 Å². The first kappa shape index (κ1) is 19.4. The van der Waals surface area contributed by atoms with Gasteiger partial charge in [0.25, 0.3) is 5.91 Å². The molecule has 0 spiro atoms. The van der Waals surface area contributed by atoms with E-state index in [2.05, 4.69) is 15.9 Å². The molecular weight excluding hydrogens is 433 g/mol. The molecule has 0 saturated carbocycles. The minimum absolute atomic E-state index is 0.249. The minimum atomic E-state index is -0.451. The number of aryl methyl sites for hydroxylation is 1. The van der Waals surface area contributed by atoms with Crippen LogP contribution in [0.25, 0.3) is 5.57 Å². The Hall–Kier alpha value is -2.92. The van der Waals surface area contributed by atoms with Crippen molar-refractivity contribution in [3.8, 4) is 0 Å². The summed E-state index contributed by atoms with van der Waals surface area (Å²) in [5, 5.41) is 10.8. The third-order valence-electron chi connectivity index (χ3n) is 5.10. The van der Waals surface area contributed by atoms with Crippen LogP contribution in [0.5, 0.6) is 0 Å². The Labute approximate surface area is 177 Å². The van der Waals surface area contributed by atoms with Crippen molar-refractivity contribution >= 4 is 27.4 Å². The molecule has 0 fully saturated rings. The molecule has 0 saturated heterocycles. The zero-order valence-corrected chi connectivity index (χ0v) is 17.4. The van der Waals surface area contributed by atoms with Gasteiger partial charge in [-0.15, -0.1) is 0 Å². The number of amides is 1. The maximum atomic E-state index is 13.3. The molecular formula is C24H19BrFNO2. The number of nitrogens with zero attached hydrogens (tertiary/aromatic N) is 1. The summed E-state index contributed by atoms with van der Waals surface area (Å²) >= 11 is 3.50. The van der Waals surface area contributed by atoms with Crippen molar-refractivity contribution in [3.05, 3.63) is 111 Å². The Kier molecular flexibility index (Phi) is 5.24. The number of aliphatic hydroxyl groups is 1. The Bertz CT molecular complexity index is 1090. The monoisotopic (exact) mass is 451 g/mol. The molecule has 146 valence electrons. The van der Waals surface area contributed by atoms with Crippen LogP contribution in [0, 0.1) is 12.7 Å². The van der Waals surface area contributed by atoms with Crippen LogP contribution in [0.1, 0.15) is 28.3 Å². The molecule has 1 aliphatic rings. The number of halogens is 2. The molecule has 0 aliphatic carbocycles. The first-order chi connectivity index (χ1) is 13.9. The van der Waals surface area contributed by atoms with Crippen LogP contribution in [-0.4, -0.2) is 15.9 Å². The maximum Gasteiger partial charge on any atom is 0.290 e. The van der Waals surface area contributed by atoms with Crippen LogP contribution in [-0.2, 0) is 11.3 Å². The van der Waals surface area contributed by atoms with Crippen molar-refractivity contribution < 1.29 is 14.3 Å².